The number of aromatic nitrogens is 1. The van der Waals surface area contributed by atoms with E-state index in [1.165, 1.54) is 0 Å². The minimum Gasteiger partial charge on any atom is -0.494 e. The van der Waals surface area contributed by atoms with E-state index < -0.39 is 0 Å². The Morgan fingerprint density at radius 1 is 1.14 bits per heavy atom. The average Bonchev–Trinajstić information content (AvgIpc) is 3.19. The van der Waals surface area contributed by atoms with Crippen LogP contribution < -0.4 is 10.1 Å². The number of nitrogens with one attached hydrogen (secondary N) is 1. The number of ether oxygens (including phenoxy) is 1. The number of hydrogen-bond acceptors (Lipinski definition) is 4. The topological polar surface area (TPSA) is 64.4 Å². The molecule has 1 aromatic heterocycles. The molecule has 0 fully saturated rings. The first-order valence-corrected chi connectivity index (χ1v) is 9.71. The predicted molar refractivity (Wildman–Crippen MR) is 110 cm³/mol. The molecule has 0 radical (unpaired) electrons. The first-order valence-electron chi connectivity index (χ1n) is 9.71. The van der Waals surface area contributed by atoms with Gasteiger partial charge in [-0.3, -0.25) is 4.79 Å². The van der Waals surface area contributed by atoms with Crippen LogP contribution in [0, 0.1) is 0 Å². The van der Waals surface area contributed by atoms with Crippen molar-refractivity contribution in [3.63, 3.8) is 0 Å². The van der Waals surface area contributed by atoms with Crippen molar-refractivity contribution in [2.75, 3.05) is 6.61 Å². The lowest BCUT2D eigenvalue weighted by molar-refractivity contribution is 0.0938. The van der Waals surface area contributed by atoms with Crippen molar-refractivity contribution >= 4 is 5.91 Å². The molecule has 1 atom stereocenters. The molecule has 5 nitrogen and oxygen atoms in total. The Morgan fingerprint density at radius 3 is 2.61 bits per heavy atom. The molecule has 5 heteroatoms. The molecule has 0 unspecified atom stereocenters. The van der Waals surface area contributed by atoms with Crippen LogP contribution in [0.25, 0.3) is 22.8 Å². The van der Waals surface area contributed by atoms with Gasteiger partial charge in [-0.2, -0.15) is 0 Å². The monoisotopic (exact) mass is 378 g/mol. The summed E-state index contributed by atoms with van der Waals surface area (Å²) in [6.07, 6.45) is 3.64. The summed E-state index contributed by atoms with van der Waals surface area (Å²) in [5.74, 6) is 1.77. The molecule has 0 aliphatic rings. The smallest absolute Gasteiger partial charge is 0.252 e. The molecule has 3 aromatic rings. The zero-order valence-electron chi connectivity index (χ0n) is 16.6. The van der Waals surface area contributed by atoms with Crippen LogP contribution in [0.15, 0.2) is 59.1 Å². The van der Waals surface area contributed by atoms with Crippen molar-refractivity contribution in [3.05, 3.63) is 60.3 Å². The summed E-state index contributed by atoms with van der Waals surface area (Å²) in [5, 5.41) is 3.04. The largest absolute Gasteiger partial charge is 0.494 e. The number of benzene rings is 2. The van der Waals surface area contributed by atoms with Crippen molar-refractivity contribution in [2.45, 2.75) is 39.7 Å². The molecule has 0 aliphatic carbocycles. The van der Waals surface area contributed by atoms with Gasteiger partial charge < -0.3 is 14.5 Å². The second-order valence-electron chi connectivity index (χ2n) is 6.70. The van der Waals surface area contributed by atoms with Gasteiger partial charge in [-0.25, -0.2) is 4.98 Å². The van der Waals surface area contributed by atoms with Gasteiger partial charge in [-0.05, 0) is 56.7 Å². The van der Waals surface area contributed by atoms with E-state index >= 15 is 0 Å². The highest BCUT2D eigenvalue weighted by Gasteiger charge is 2.18. The lowest BCUT2D eigenvalue weighted by Crippen LogP contribution is -2.32. The number of carbonyl (C=O) groups is 1. The standard InChI is InChI=1S/C23H26N2O3/c1-4-8-16(3)25-22(26)19-9-6-7-10-20(19)23-24-15-21(28-23)17-11-13-18(14-12-17)27-5-2/h6-7,9-16H,4-5,8H2,1-3H3,(H,25,26)/t16-/m0/s1. The van der Waals surface area contributed by atoms with Crippen molar-refractivity contribution in [1.29, 1.82) is 0 Å². The number of nitrogens with zero attached hydrogens (tertiary/aromatic N) is 1. The molecular weight excluding hydrogens is 352 g/mol. The first-order chi connectivity index (χ1) is 13.6. The van der Waals surface area contributed by atoms with Crippen LogP contribution in [-0.4, -0.2) is 23.5 Å². The Balaban J connectivity index is 1.84. The maximum atomic E-state index is 12.7. The van der Waals surface area contributed by atoms with Gasteiger partial charge in [0.05, 0.1) is 18.4 Å². The van der Waals surface area contributed by atoms with Gasteiger partial charge in [0.25, 0.3) is 5.91 Å². The van der Waals surface area contributed by atoms with E-state index in [2.05, 4.69) is 17.2 Å². The molecule has 0 saturated heterocycles. The summed E-state index contributed by atoms with van der Waals surface area (Å²) in [7, 11) is 0. The zero-order valence-corrected chi connectivity index (χ0v) is 16.6. The Hall–Kier alpha value is -3.08. The van der Waals surface area contributed by atoms with Crippen LogP contribution in [0.3, 0.4) is 0 Å². The summed E-state index contributed by atoms with van der Waals surface area (Å²) in [4.78, 5) is 17.1. The van der Waals surface area contributed by atoms with E-state index in [9.17, 15) is 4.79 Å². The molecule has 0 saturated carbocycles. The van der Waals surface area contributed by atoms with Gasteiger partial charge in [-0.15, -0.1) is 0 Å². The number of oxazole rings is 1. The molecule has 146 valence electrons. The SMILES string of the molecule is CCC[C@H](C)NC(=O)c1ccccc1-c1ncc(-c2ccc(OCC)cc2)o1. The summed E-state index contributed by atoms with van der Waals surface area (Å²) in [6.45, 7) is 6.69. The highest BCUT2D eigenvalue weighted by molar-refractivity contribution is 6.00. The third-order valence-electron chi connectivity index (χ3n) is 4.46. The molecular formula is C23H26N2O3. The fourth-order valence-electron chi connectivity index (χ4n) is 3.09. The van der Waals surface area contributed by atoms with Crippen molar-refractivity contribution in [3.8, 4) is 28.5 Å². The van der Waals surface area contributed by atoms with Crippen molar-refractivity contribution < 1.29 is 13.9 Å². The Morgan fingerprint density at radius 2 is 1.89 bits per heavy atom. The molecule has 0 bridgehead atoms. The maximum absolute atomic E-state index is 12.7. The average molecular weight is 378 g/mol. The quantitative estimate of drug-likeness (QED) is 0.576. The van der Waals surface area contributed by atoms with E-state index in [0.717, 1.165) is 24.2 Å². The minimum atomic E-state index is -0.114. The van der Waals surface area contributed by atoms with E-state index in [-0.39, 0.29) is 11.9 Å². The van der Waals surface area contributed by atoms with Gasteiger partial charge in [0.1, 0.15) is 5.75 Å². The van der Waals surface area contributed by atoms with Gasteiger partial charge in [-0.1, -0.05) is 25.5 Å². The summed E-state index contributed by atoms with van der Waals surface area (Å²) in [5.41, 5.74) is 2.15. The van der Waals surface area contributed by atoms with Gasteiger partial charge >= 0.3 is 0 Å². The number of amides is 1. The predicted octanol–water partition coefficient (Wildman–Crippen LogP) is 5.33. The fourth-order valence-corrected chi connectivity index (χ4v) is 3.09. The molecule has 28 heavy (non-hydrogen) atoms. The maximum Gasteiger partial charge on any atom is 0.252 e. The molecule has 1 amide bonds. The Bertz CT molecular complexity index is 916. The second-order valence-corrected chi connectivity index (χ2v) is 6.70. The Labute approximate surface area is 165 Å². The summed E-state index contributed by atoms with van der Waals surface area (Å²) in [6, 6.07) is 15.2. The number of carbonyl (C=O) groups excluding carboxylic acids is 1. The first kappa shape index (κ1) is 19.7. The lowest BCUT2D eigenvalue weighted by atomic mass is 10.1. The van der Waals surface area contributed by atoms with Crippen LogP contribution in [0.5, 0.6) is 5.75 Å². The van der Waals surface area contributed by atoms with Crippen LogP contribution in [0.1, 0.15) is 44.0 Å². The highest BCUT2D eigenvalue weighted by atomic mass is 16.5. The van der Waals surface area contributed by atoms with Crippen LogP contribution in [0.2, 0.25) is 0 Å². The Kier molecular flexibility index (Phi) is 6.48. The molecule has 0 spiro atoms. The normalized spacial score (nSPS) is 11.8. The highest BCUT2D eigenvalue weighted by Crippen LogP contribution is 2.29. The third kappa shape index (κ3) is 4.60. The van der Waals surface area contributed by atoms with E-state index in [1.54, 1.807) is 12.3 Å². The van der Waals surface area contributed by atoms with Crippen LogP contribution >= 0.6 is 0 Å². The molecule has 1 N–H and O–H groups in total. The fraction of sp³-hybridized carbons (Fsp3) is 0.304. The van der Waals surface area contributed by atoms with E-state index in [0.29, 0.717) is 29.4 Å². The minimum absolute atomic E-state index is 0.114. The van der Waals surface area contributed by atoms with Crippen LogP contribution in [-0.2, 0) is 0 Å². The van der Waals surface area contributed by atoms with E-state index in [4.69, 9.17) is 9.15 Å². The number of rotatable bonds is 8. The molecule has 1 heterocycles. The lowest BCUT2D eigenvalue weighted by Gasteiger charge is -2.14. The zero-order chi connectivity index (χ0) is 19.9. The molecule has 2 aromatic carbocycles. The van der Waals surface area contributed by atoms with Crippen molar-refractivity contribution in [1.82, 2.24) is 10.3 Å². The molecule has 0 aliphatic heterocycles. The second kappa shape index (κ2) is 9.22. The summed E-state index contributed by atoms with van der Waals surface area (Å²) < 4.78 is 11.4. The molecule has 3 rings (SSSR count). The number of hydrogen-bond donors (Lipinski definition) is 1. The van der Waals surface area contributed by atoms with Gasteiger partial charge in [0.2, 0.25) is 5.89 Å². The van der Waals surface area contributed by atoms with Gasteiger partial charge in [0, 0.05) is 17.2 Å². The van der Waals surface area contributed by atoms with Gasteiger partial charge in [0.15, 0.2) is 5.76 Å². The van der Waals surface area contributed by atoms with Crippen LogP contribution in [0.4, 0.5) is 0 Å². The van der Waals surface area contributed by atoms with Crippen molar-refractivity contribution in [2.24, 2.45) is 0 Å². The summed E-state index contributed by atoms with van der Waals surface area (Å²) >= 11 is 0. The third-order valence-corrected chi connectivity index (χ3v) is 4.46. The van der Waals surface area contributed by atoms with E-state index in [1.807, 2.05) is 56.3 Å².